The largest absolute Gasteiger partial charge is 0.421 e. The molecule has 6 nitrogen and oxygen atoms in total. The molecule has 1 N–H and O–H groups in total. The van der Waals surface area contributed by atoms with E-state index in [4.69, 9.17) is 4.42 Å². The van der Waals surface area contributed by atoms with Crippen LogP contribution in [0.2, 0.25) is 0 Å². The molecule has 2 aromatic carbocycles. The fraction of sp³-hybridized carbons (Fsp3) is 0.0588. The zero-order valence-corrected chi connectivity index (χ0v) is 17.2. The van der Waals surface area contributed by atoms with Crippen LogP contribution in [0.15, 0.2) is 60.6 Å². The van der Waals surface area contributed by atoms with Crippen molar-refractivity contribution < 1.29 is 17.6 Å². The molecule has 134 valence electrons. The summed E-state index contributed by atoms with van der Waals surface area (Å²) in [5.41, 5.74) is 0.0600. The first-order valence-electron chi connectivity index (χ1n) is 7.19. The number of ketones is 1. The van der Waals surface area contributed by atoms with Crippen LogP contribution in [0.4, 0.5) is 5.69 Å². The Kier molecular flexibility index (Phi) is 5.05. The minimum Gasteiger partial charge on any atom is -0.421 e. The summed E-state index contributed by atoms with van der Waals surface area (Å²) in [4.78, 5) is 24.9. The molecule has 0 unspecified atom stereocenters. The number of hydrogen-bond donors (Lipinski definition) is 1. The van der Waals surface area contributed by atoms with Gasteiger partial charge in [-0.25, -0.2) is 13.2 Å². The summed E-state index contributed by atoms with van der Waals surface area (Å²) in [5, 5.41) is 0.588. The van der Waals surface area contributed by atoms with Crippen LogP contribution < -0.4 is 10.3 Å². The topological polar surface area (TPSA) is 93.4 Å². The van der Waals surface area contributed by atoms with Crippen molar-refractivity contribution in [3.63, 3.8) is 0 Å². The minimum atomic E-state index is -3.41. The molecular formula is C17H11Br2NO5S. The van der Waals surface area contributed by atoms with E-state index in [1.165, 1.54) is 30.3 Å². The van der Waals surface area contributed by atoms with Crippen LogP contribution in [0.25, 0.3) is 11.0 Å². The Morgan fingerprint density at radius 2 is 1.73 bits per heavy atom. The average Bonchev–Trinajstić information content (AvgIpc) is 2.54. The van der Waals surface area contributed by atoms with Gasteiger partial charge in [0.05, 0.1) is 10.7 Å². The SMILES string of the molecule is CS(=O)(=O)Nc1ccc(C(=O)c2cc3cc(Br)cc(Br)c3oc2=O)cc1. The van der Waals surface area contributed by atoms with E-state index in [-0.39, 0.29) is 11.1 Å². The molecule has 0 amide bonds. The number of halogens is 2. The van der Waals surface area contributed by atoms with Crippen molar-refractivity contribution in [3.05, 3.63) is 73.0 Å². The molecule has 0 radical (unpaired) electrons. The van der Waals surface area contributed by atoms with Crippen molar-refractivity contribution in [3.8, 4) is 0 Å². The van der Waals surface area contributed by atoms with Gasteiger partial charge in [-0.05, 0) is 58.4 Å². The molecular weight excluding hydrogens is 490 g/mol. The van der Waals surface area contributed by atoms with Crippen LogP contribution >= 0.6 is 31.9 Å². The summed E-state index contributed by atoms with van der Waals surface area (Å²) in [6.07, 6.45) is 1.03. The summed E-state index contributed by atoms with van der Waals surface area (Å²) in [6, 6.07) is 10.7. The zero-order valence-electron chi connectivity index (χ0n) is 13.2. The van der Waals surface area contributed by atoms with Crippen LogP contribution in [-0.4, -0.2) is 20.5 Å². The maximum absolute atomic E-state index is 12.7. The van der Waals surface area contributed by atoms with Gasteiger partial charge >= 0.3 is 5.63 Å². The number of hydrogen-bond acceptors (Lipinski definition) is 5. The number of carbonyl (C=O) groups is 1. The van der Waals surface area contributed by atoms with E-state index < -0.39 is 21.4 Å². The van der Waals surface area contributed by atoms with Gasteiger partial charge in [-0.15, -0.1) is 0 Å². The average molecular weight is 501 g/mol. The smallest absolute Gasteiger partial charge is 0.347 e. The lowest BCUT2D eigenvalue weighted by molar-refractivity contribution is 0.103. The van der Waals surface area contributed by atoms with Crippen LogP contribution in [0.5, 0.6) is 0 Å². The third kappa shape index (κ3) is 4.05. The predicted molar refractivity (Wildman–Crippen MR) is 106 cm³/mol. The normalized spacial score (nSPS) is 11.5. The van der Waals surface area contributed by atoms with Gasteiger partial charge in [0.25, 0.3) is 0 Å². The van der Waals surface area contributed by atoms with E-state index in [0.29, 0.717) is 21.1 Å². The first-order chi connectivity index (χ1) is 12.1. The van der Waals surface area contributed by atoms with Crippen LogP contribution in [-0.2, 0) is 10.0 Å². The second-order valence-corrected chi connectivity index (χ2v) is 9.05. The molecule has 0 bridgehead atoms. The van der Waals surface area contributed by atoms with E-state index in [1.807, 2.05) is 0 Å². The van der Waals surface area contributed by atoms with Crippen molar-refractivity contribution in [1.82, 2.24) is 0 Å². The molecule has 0 atom stereocenters. The number of benzene rings is 2. The Morgan fingerprint density at radius 1 is 1.08 bits per heavy atom. The number of carbonyl (C=O) groups excluding carboxylic acids is 1. The van der Waals surface area contributed by atoms with Gasteiger partial charge in [0.1, 0.15) is 5.56 Å². The van der Waals surface area contributed by atoms with Gasteiger partial charge in [0.15, 0.2) is 11.4 Å². The standard InChI is InChI=1S/C17H11Br2NO5S/c1-26(23,24)20-12-4-2-9(3-5-12)15(21)13-7-10-6-11(18)8-14(19)16(10)25-17(13)22/h2-8,20H,1H3. The van der Waals surface area contributed by atoms with Crippen molar-refractivity contribution >= 4 is 64.3 Å². The van der Waals surface area contributed by atoms with Crippen molar-refractivity contribution in [2.75, 3.05) is 11.0 Å². The zero-order chi connectivity index (χ0) is 19.1. The maximum atomic E-state index is 12.7. The van der Waals surface area contributed by atoms with Gasteiger partial charge in [0.2, 0.25) is 10.0 Å². The lowest BCUT2D eigenvalue weighted by Crippen LogP contribution is -2.15. The summed E-state index contributed by atoms with van der Waals surface area (Å²) < 4.78 is 31.4. The summed E-state index contributed by atoms with van der Waals surface area (Å²) >= 11 is 6.67. The molecule has 26 heavy (non-hydrogen) atoms. The second-order valence-electron chi connectivity index (χ2n) is 5.53. The van der Waals surface area contributed by atoms with Crippen molar-refractivity contribution in [2.45, 2.75) is 0 Å². The Hall–Kier alpha value is -1.97. The first kappa shape index (κ1) is 18.8. The van der Waals surface area contributed by atoms with Crippen LogP contribution in [0.1, 0.15) is 15.9 Å². The number of nitrogens with one attached hydrogen (secondary N) is 1. The van der Waals surface area contributed by atoms with Crippen molar-refractivity contribution in [2.24, 2.45) is 0 Å². The van der Waals surface area contributed by atoms with Gasteiger partial charge in [0, 0.05) is 21.1 Å². The molecule has 0 saturated heterocycles. The monoisotopic (exact) mass is 499 g/mol. The Labute approximate surface area is 165 Å². The molecule has 0 aliphatic carbocycles. The highest BCUT2D eigenvalue weighted by Gasteiger charge is 2.17. The lowest BCUT2D eigenvalue weighted by Gasteiger charge is -2.06. The molecule has 1 aromatic heterocycles. The van der Waals surface area contributed by atoms with Gasteiger partial charge in [-0.1, -0.05) is 15.9 Å². The molecule has 3 aromatic rings. The fourth-order valence-electron chi connectivity index (χ4n) is 2.37. The molecule has 0 aliphatic rings. The predicted octanol–water partition coefficient (Wildman–Crippen LogP) is 3.92. The molecule has 0 spiro atoms. The second kappa shape index (κ2) is 6.98. The third-order valence-electron chi connectivity index (χ3n) is 3.45. The third-order valence-corrected chi connectivity index (χ3v) is 5.10. The number of fused-ring (bicyclic) bond motifs is 1. The molecule has 1 heterocycles. The molecule has 0 fully saturated rings. The highest BCUT2D eigenvalue weighted by molar-refractivity contribution is 9.11. The van der Waals surface area contributed by atoms with Gasteiger partial charge in [-0.3, -0.25) is 9.52 Å². The van der Waals surface area contributed by atoms with E-state index in [9.17, 15) is 18.0 Å². The van der Waals surface area contributed by atoms with E-state index in [2.05, 4.69) is 36.6 Å². The summed E-state index contributed by atoms with van der Waals surface area (Å²) in [5.74, 6) is -0.511. The Morgan fingerprint density at radius 3 is 2.35 bits per heavy atom. The van der Waals surface area contributed by atoms with Gasteiger partial charge in [-0.2, -0.15) is 0 Å². The minimum absolute atomic E-state index is 0.105. The number of sulfonamides is 1. The summed E-state index contributed by atoms with van der Waals surface area (Å²) in [6.45, 7) is 0. The Bertz CT molecular complexity index is 1180. The van der Waals surface area contributed by atoms with Crippen LogP contribution in [0.3, 0.4) is 0 Å². The Balaban J connectivity index is 2.02. The van der Waals surface area contributed by atoms with Crippen molar-refractivity contribution in [1.29, 1.82) is 0 Å². The maximum Gasteiger partial charge on any atom is 0.347 e. The molecule has 0 aliphatic heterocycles. The van der Waals surface area contributed by atoms with E-state index in [1.54, 1.807) is 12.1 Å². The first-order valence-corrected chi connectivity index (χ1v) is 10.7. The fourth-order valence-corrected chi connectivity index (χ4v) is 4.28. The quantitative estimate of drug-likeness (QED) is 0.433. The summed E-state index contributed by atoms with van der Waals surface area (Å²) in [7, 11) is -3.41. The molecule has 9 heteroatoms. The highest BCUT2D eigenvalue weighted by Crippen LogP contribution is 2.28. The van der Waals surface area contributed by atoms with E-state index in [0.717, 1.165) is 10.7 Å². The van der Waals surface area contributed by atoms with Gasteiger partial charge < -0.3 is 4.42 Å². The molecule has 0 saturated carbocycles. The van der Waals surface area contributed by atoms with Crippen LogP contribution in [0, 0.1) is 0 Å². The number of rotatable bonds is 4. The lowest BCUT2D eigenvalue weighted by atomic mass is 10.0. The number of anilines is 1. The molecule has 3 rings (SSSR count). The highest BCUT2D eigenvalue weighted by atomic mass is 79.9. The van der Waals surface area contributed by atoms with E-state index >= 15 is 0 Å².